The summed E-state index contributed by atoms with van der Waals surface area (Å²) in [7, 11) is 0. The first kappa shape index (κ1) is 27.4. The number of carboxylic acid groups (broad SMARTS) is 1. The predicted octanol–water partition coefficient (Wildman–Crippen LogP) is 4.20. The van der Waals surface area contributed by atoms with E-state index >= 15 is 0 Å². The second kappa shape index (κ2) is 10.9. The molecular weight excluding hydrogens is 532 g/mol. The summed E-state index contributed by atoms with van der Waals surface area (Å²) < 4.78 is 11.4. The lowest BCUT2D eigenvalue weighted by Crippen LogP contribution is -2.60. The smallest absolute Gasteiger partial charge is 0.337 e. The molecule has 0 heterocycles. The Balaban J connectivity index is 1.23. The lowest BCUT2D eigenvalue weighted by Gasteiger charge is -2.28. The maximum absolute atomic E-state index is 13.5. The zero-order valence-corrected chi connectivity index (χ0v) is 22.7. The molecule has 0 amide bonds. The van der Waals surface area contributed by atoms with E-state index in [-0.39, 0.29) is 25.0 Å². The van der Waals surface area contributed by atoms with Crippen molar-refractivity contribution in [2.45, 2.75) is 29.8 Å². The molecule has 0 fully saturated rings. The minimum absolute atomic E-state index is 0.0925. The molecule has 4 aromatic rings. The minimum Gasteiger partial charge on any atom is -0.480 e. The third-order valence-electron chi connectivity index (χ3n) is 8.27. The van der Waals surface area contributed by atoms with Gasteiger partial charge in [-0.3, -0.25) is 4.79 Å². The number of ether oxygens (including phenoxy) is 2. The van der Waals surface area contributed by atoms with Crippen molar-refractivity contribution in [1.82, 2.24) is 0 Å². The van der Waals surface area contributed by atoms with Crippen molar-refractivity contribution in [3.63, 3.8) is 0 Å². The van der Waals surface area contributed by atoms with Crippen LogP contribution < -0.4 is 11.5 Å². The van der Waals surface area contributed by atoms with Crippen LogP contribution >= 0.6 is 0 Å². The van der Waals surface area contributed by atoms with Gasteiger partial charge in [0.25, 0.3) is 0 Å². The Labute approximate surface area is 242 Å². The number of hydrogen-bond acceptors (Lipinski definition) is 7. The number of carboxylic acids is 1. The molecule has 0 aliphatic heterocycles. The van der Waals surface area contributed by atoms with Gasteiger partial charge in [-0.1, -0.05) is 97.1 Å². The Hall–Kier alpha value is -4.79. The minimum atomic E-state index is -2.42. The van der Waals surface area contributed by atoms with Gasteiger partial charge < -0.3 is 26.0 Å². The van der Waals surface area contributed by atoms with Gasteiger partial charge in [-0.2, -0.15) is 0 Å². The fraction of sp³-hybridized carbons (Fsp3) is 0.206. The summed E-state index contributed by atoms with van der Waals surface area (Å²) >= 11 is 0. The Kier molecular flexibility index (Phi) is 7.10. The summed E-state index contributed by atoms with van der Waals surface area (Å²) in [5.74, 6) is -4.12. The molecule has 2 aliphatic rings. The fourth-order valence-corrected chi connectivity index (χ4v) is 6.14. The first-order valence-electron chi connectivity index (χ1n) is 13.8. The second-order valence-electron chi connectivity index (χ2n) is 10.8. The van der Waals surface area contributed by atoms with Crippen LogP contribution in [0.2, 0.25) is 0 Å². The molecule has 0 saturated carbocycles. The van der Waals surface area contributed by atoms with Crippen molar-refractivity contribution in [1.29, 1.82) is 0 Å². The number of fused-ring (bicyclic) bond motifs is 6. The molecule has 5 N–H and O–H groups in total. The number of esters is 2. The van der Waals surface area contributed by atoms with Gasteiger partial charge in [-0.15, -0.1) is 0 Å². The third-order valence-corrected chi connectivity index (χ3v) is 8.27. The quantitative estimate of drug-likeness (QED) is 0.204. The maximum Gasteiger partial charge on any atom is 0.337 e. The lowest BCUT2D eigenvalue weighted by atomic mass is 9.91. The molecule has 0 radical (unpaired) electrons. The van der Waals surface area contributed by atoms with Crippen molar-refractivity contribution < 1.29 is 29.0 Å². The van der Waals surface area contributed by atoms with E-state index < -0.39 is 35.9 Å². The highest BCUT2D eigenvalue weighted by Crippen LogP contribution is 2.46. The van der Waals surface area contributed by atoms with E-state index in [9.17, 15) is 19.5 Å². The largest absolute Gasteiger partial charge is 0.480 e. The molecule has 1 atom stereocenters. The standard InChI is InChI=1S/C34H30N2O6/c35-30(31(37)38)17-34(36,32(39)41-18-28-24-13-5-1-9-20(24)21-10-2-6-14-25(21)28)33(40)42-19-29-26-15-7-3-11-22(26)23-12-4-8-16-27(23)29/h1-16,28-30H,17-19,35-36H2,(H,37,38)/t30-/m1/s1. The van der Waals surface area contributed by atoms with Crippen LogP contribution in [0.3, 0.4) is 0 Å². The first-order chi connectivity index (χ1) is 20.3. The monoisotopic (exact) mass is 562 g/mol. The average Bonchev–Trinajstić information content (AvgIpc) is 3.51. The highest BCUT2D eigenvalue weighted by molar-refractivity contribution is 6.05. The molecule has 6 rings (SSSR count). The van der Waals surface area contributed by atoms with Crippen molar-refractivity contribution in [2.24, 2.45) is 11.5 Å². The topological polar surface area (TPSA) is 142 Å². The van der Waals surface area contributed by atoms with Gasteiger partial charge in [0.1, 0.15) is 19.3 Å². The fourth-order valence-electron chi connectivity index (χ4n) is 6.14. The van der Waals surface area contributed by atoms with Crippen molar-refractivity contribution in [3.05, 3.63) is 119 Å². The van der Waals surface area contributed by atoms with Crippen LogP contribution in [0, 0.1) is 0 Å². The summed E-state index contributed by atoms with van der Waals surface area (Å²) in [6.07, 6.45) is -0.685. The number of nitrogens with two attached hydrogens (primary N) is 2. The average molecular weight is 563 g/mol. The van der Waals surface area contributed by atoms with Gasteiger partial charge in [0.05, 0.1) is 0 Å². The molecule has 4 aromatic carbocycles. The number of carbonyl (C=O) groups is 3. The molecule has 8 nitrogen and oxygen atoms in total. The van der Waals surface area contributed by atoms with Crippen molar-refractivity contribution in [3.8, 4) is 22.3 Å². The van der Waals surface area contributed by atoms with E-state index in [1.165, 1.54) is 0 Å². The highest BCUT2D eigenvalue weighted by Gasteiger charge is 2.49. The van der Waals surface area contributed by atoms with E-state index in [4.69, 9.17) is 20.9 Å². The molecule has 0 saturated heterocycles. The molecule has 212 valence electrons. The van der Waals surface area contributed by atoms with Crippen LogP contribution in [0.25, 0.3) is 22.3 Å². The SMILES string of the molecule is N[C@H](CC(N)(C(=O)OCC1c2ccccc2-c2ccccc21)C(=O)OCC1c2ccccc2-c2ccccc21)C(=O)O. The van der Waals surface area contributed by atoms with Gasteiger partial charge >= 0.3 is 17.9 Å². The summed E-state index contributed by atoms with van der Waals surface area (Å²) in [6, 6.07) is 29.7. The zero-order valence-electron chi connectivity index (χ0n) is 22.7. The molecule has 0 unspecified atom stereocenters. The van der Waals surface area contributed by atoms with Gasteiger partial charge in [0.15, 0.2) is 0 Å². The number of benzene rings is 4. The summed E-state index contributed by atoms with van der Waals surface area (Å²) in [6.45, 7) is -0.185. The number of aliphatic carboxylic acids is 1. The summed E-state index contributed by atoms with van der Waals surface area (Å²) in [4.78, 5) is 38.7. The van der Waals surface area contributed by atoms with E-state index in [1.807, 2.05) is 97.1 Å². The number of carbonyl (C=O) groups excluding carboxylic acids is 2. The maximum atomic E-state index is 13.5. The molecule has 8 heteroatoms. The Bertz CT molecular complexity index is 1500. The Morgan fingerprint density at radius 1 is 0.643 bits per heavy atom. The molecule has 42 heavy (non-hydrogen) atoms. The first-order valence-corrected chi connectivity index (χ1v) is 13.8. The number of hydrogen-bond donors (Lipinski definition) is 3. The van der Waals surface area contributed by atoms with E-state index in [0.717, 1.165) is 44.5 Å². The van der Waals surface area contributed by atoms with Gasteiger partial charge in [0, 0.05) is 18.3 Å². The van der Waals surface area contributed by atoms with Crippen LogP contribution in [0.15, 0.2) is 97.1 Å². The van der Waals surface area contributed by atoms with Crippen LogP contribution in [-0.2, 0) is 23.9 Å². The van der Waals surface area contributed by atoms with E-state index in [1.54, 1.807) is 0 Å². The normalized spacial score (nSPS) is 14.3. The molecule has 0 spiro atoms. The molecule has 0 aromatic heterocycles. The third kappa shape index (κ3) is 4.64. The van der Waals surface area contributed by atoms with E-state index in [2.05, 4.69) is 0 Å². The van der Waals surface area contributed by atoms with Gasteiger partial charge in [-0.05, 0) is 44.5 Å². The van der Waals surface area contributed by atoms with Crippen LogP contribution in [0.5, 0.6) is 0 Å². The van der Waals surface area contributed by atoms with Crippen molar-refractivity contribution >= 4 is 17.9 Å². The molecule has 2 aliphatic carbocycles. The lowest BCUT2D eigenvalue weighted by molar-refractivity contribution is -0.165. The van der Waals surface area contributed by atoms with Gasteiger partial charge in [-0.25, -0.2) is 9.59 Å². The van der Waals surface area contributed by atoms with Crippen LogP contribution in [0.4, 0.5) is 0 Å². The van der Waals surface area contributed by atoms with Crippen molar-refractivity contribution in [2.75, 3.05) is 13.2 Å². The Morgan fingerprint density at radius 3 is 1.26 bits per heavy atom. The highest BCUT2D eigenvalue weighted by atomic mass is 16.6. The van der Waals surface area contributed by atoms with Crippen LogP contribution in [0.1, 0.15) is 40.5 Å². The molecular formula is C34H30N2O6. The summed E-state index contributed by atoms with van der Waals surface area (Å²) in [5.41, 5.74) is 17.8. The van der Waals surface area contributed by atoms with Crippen LogP contribution in [-0.4, -0.2) is 47.8 Å². The van der Waals surface area contributed by atoms with Gasteiger partial charge in [0.2, 0.25) is 5.54 Å². The predicted molar refractivity (Wildman–Crippen MR) is 157 cm³/mol. The Morgan fingerprint density at radius 2 is 0.952 bits per heavy atom. The zero-order chi connectivity index (χ0) is 29.4. The second-order valence-corrected chi connectivity index (χ2v) is 10.8. The summed E-state index contributed by atoms with van der Waals surface area (Å²) in [5, 5.41) is 9.47. The van der Waals surface area contributed by atoms with E-state index in [0.29, 0.717) is 0 Å². The number of rotatable bonds is 9. The molecule has 0 bridgehead atoms.